The average molecular weight is 209 g/mol. The highest BCUT2D eigenvalue weighted by molar-refractivity contribution is 5.16. The number of aliphatic hydroxyl groups is 1. The number of piperidine rings is 1. The molecule has 1 fully saturated rings. The van der Waals surface area contributed by atoms with Crippen LogP contribution >= 0.6 is 0 Å². The molecule has 2 heterocycles. The summed E-state index contributed by atoms with van der Waals surface area (Å²) in [5, 5.41) is 14.7. The van der Waals surface area contributed by atoms with Crippen molar-refractivity contribution in [3.63, 3.8) is 0 Å². The molecule has 1 aromatic rings. The number of aryl methyl sites for hydroxylation is 1. The van der Waals surface area contributed by atoms with Gasteiger partial charge in [0, 0.05) is 31.4 Å². The Morgan fingerprint density at radius 2 is 2.27 bits per heavy atom. The van der Waals surface area contributed by atoms with E-state index in [1.54, 1.807) is 10.9 Å². The summed E-state index contributed by atoms with van der Waals surface area (Å²) in [6.07, 6.45) is 5.27. The molecule has 2 rings (SSSR count). The molecule has 4 heteroatoms. The minimum atomic E-state index is -0.680. The highest BCUT2D eigenvalue weighted by atomic mass is 16.3. The van der Waals surface area contributed by atoms with Crippen LogP contribution in [0.2, 0.25) is 0 Å². The fourth-order valence-corrected chi connectivity index (χ4v) is 2.25. The molecule has 1 aliphatic rings. The summed E-state index contributed by atoms with van der Waals surface area (Å²) in [5.74, 6) is 0. The predicted molar refractivity (Wildman–Crippen MR) is 58.4 cm³/mol. The first-order chi connectivity index (χ1) is 7.01. The Labute approximate surface area is 90.5 Å². The van der Waals surface area contributed by atoms with Crippen LogP contribution in [0.5, 0.6) is 0 Å². The third-order valence-electron chi connectivity index (χ3n) is 3.51. The quantitative estimate of drug-likeness (QED) is 0.741. The normalized spacial score (nSPS) is 33.2. The Morgan fingerprint density at radius 1 is 1.53 bits per heavy atom. The van der Waals surface area contributed by atoms with Crippen molar-refractivity contribution in [2.45, 2.75) is 31.4 Å². The lowest BCUT2D eigenvalue weighted by Gasteiger charge is -2.40. The fraction of sp³-hybridized carbons (Fsp3) is 0.727. The van der Waals surface area contributed by atoms with Gasteiger partial charge in [-0.15, -0.1) is 0 Å². The molecule has 1 aliphatic heterocycles. The summed E-state index contributed by atoms with van der Waals surface area (Å²) < 4.78 is 1.75. The first-order valence-electron chi connectivity index (χ1n) is 5.43. The smallest absolute Gasteiger partial charge is 0.0953 e. The summed E-state index contributed by atoms with van der Waals surface area (Å²) in [7, 11) is 3.98. The van der Waals surface area contributed by atoms with Gasteiger partial charge in [0.05, 0.1) is 11.8 Å². The monoisotopic (exact) mass is 209 g/mol. The molecule has 4 nitrogen and oxygen atoms in total. The van der Waals surface area contributed by atoms with E-state index in [-0.39, 0.29) is 0 Å². The van der Waals surface area contributed by atoms with Gasteiger partial charge in [0.1, 0.15) is 0 Å². The van der Waals surface area contributed by atoms with E-state index in [0.29, 0.717) is 6.04 Å². The van der Waals surface area contributed by atoms with Crippen molar-refractivity contribution in [3.8, 4) is 0 Å². The maximum atomic E-state index is 10.6. The second-order valence-corrected chi connectivity index (χ2v) is 4.72. The Kier molecular flexibility index (Phi) is 2.56. The van der Waals surface area contributed by atoms with Gasteiger partial charge in [0.15, 0.2) is 0 Å². The molecule has 0 amide bonds. The third-order valence-corrected chi connectivity index (χ3v) is 3.51. The van der Waals surface area contributed by atoms with Gasteiger partial charge in [0.2, 0.25) is 0 Å². The van der Waals surface area contributed by atoms with Gasteiger partial charge in [-0.25, -0.2) is 0 Å². The lowest BCUT2D eigenvalue weighted by Crippen LogP contribution is -2.45. The molecular weight excluding hydrogens is 190 g/mol. The van der Waals surface area contributed by atoms with E-state index < -0.39 is 5.60 Å². The van der Waals surface area contributed by atoms with E-state index in [1.807, 2.05) is 13.2 Å². The Balaban J connectivity index is 2.20. The van der Waals surface area contributed by atoms with Gasteiger partial charge in [-0.3, -0.25) is 4.68 Å². The minimum Gasteiger partial charge on any atom is -0.385 e. The number of hydrogen-bond donors (Lipinski definition) is 1. The van der Waals surface area contributed by atoms with Crippen molar-refractivity contribution < 1.29 is 5.11 Å². The molecule has 0 aromatic carbocycles. The second-order valence-electron chi connectivity index (χ2n) is 4.72. The molecular formula is C11H19N3O. The Bertz CT molecular complexity index is 349. The molecule has 2 unspecified atom stereocenters. The van der Waals surface area contributed by atoms with Crippen LogP contribution in [-0.2, 0) is 12.6 Å². The van der Waals surface area contributed by atoms with Crippen molar-refractivity contribution in [2.24, 2.45) is 7.05 Å². The van der Waals surface area contributed by atoms with Gasteiger partial charge in [-0.1, -0.05) is 0 Å². The second kappa shape index (κ2) is 3.61. The van der Waals surface area contributed by atoms with Crippen molar-refractivity contribution >= 4 is 0 Å². The Hall–Kier alpha value is -0.870. The van der Waals surface area contributed by atoms with Gasteiger partial charge in [0.25, 0.3) is 0 Å². The lowest BCUT2D eigenvalue weighted by molar-refractivity contribution is -0.0408. The summed E-state index contributed by atoms with van der Waals surface area (Å²) >= 11 is 0. The summed E-state index contributed by atoms with van der Waals surface area (Å²) in [6, 6.07) is 0.420. The van der Waals surface area contributed by atoms with Crippen LogP contribution < -0.4 is 0 Å². The number of likely N-dealkylation sites (tertiary alicyclic amines) is 1. The summed E-state index contributed by atoms with van der Waals surface area (Å²) in [4.78, 5) is 2.28. The molecule has 15 heavy (non-hydrogen) atoms. The summed E-state index contributed by atoms with van der Waals surface area (Å²) in [5.41, 5.74) is 0.269. The molecule has 0 radical (unpaired) electrons. The largest absolute Gasteiger partial charge is 0.385 e. The van der Waals surface area contributed by atoms with Gasteiger partial charge >= 0.3 is 0 Å². The molecule has 0 bridgehead atoms. The van der Waals surface area contributed by atoms with Crippen LogP contribution in [0.15, 0.2) is 12.4 Å². The van der Waals surface area contributed by atoms with E-state index in [9.17, 15) is 5.11 Å². The molecule has 1 aromatic heterocycles. The zero-order valence-corrected chi connectivity index (χ0v) is 9.64. The fourth-order valence-electron chi connectivity index (χ4n) is 2.25. The molecule has 0 spiro atoms. The predicted octanol–water partition coefficient (Wildman–Crippen LogP) is 0.722. The molecule has 1 saturated heterocycles. The maximum absolute atomic E-state index is 10.6. The average Bonchev–Trinajstić information content (AvgIpc) is 2.60. The van der Waals surface area contributed by atoms with Crippen molar-refractivity contribution in [2.75, 3.05) is 13.6 Å². The van der Waals surface area contributed by atoms with Crippen LogP contribution in [0.3, 0.4) is 0 Å². The minimum absolute atomic E-state index is 0.420. The first-order valence-corrected chi connectivity index (χ1v) is 5.43. The molecule has 0 saturated carbocycles. The van der Waals surface area contributed by atoms with Crippen LogP contribution in [-0.4, -0.2) is 39.4 Å². The van der Waals surface area contributed by atoms with Gasteiger partial charge in [-0.2, -0.15) is 5.10 Å². The van der Waals surface area contributed by atoms with E-state index in [1.165, 1.54) is 0 Å². The van der Waals surface area contributed by atoms with E-state index >= 15 is 0 Å². The highest BCUT2D eigenvalue weighted by Gasteiger charge is 2.37. The first kappa shape index (κ1) is 10.6. The van der Waals surface area contributed by atoms with Gasteiger partial charge in [-0.05, 0) is 26.8 Å². The molecule has 2 atom stereocenters. The van der Waals surface area contributed by atoms with Crippen LogP contribution in [0.1, 0.15) is 25.3 Å². The van der Waals surface area contributed by atoms with E-state index in [0.717, 1.165) is 24.9 Å². The third kappa shape index (κ3) is 1.92. The van der Waals surface area contributed by atoms with Crippen molar-refractivity contribution in [3.05, 3.63) is 18.0 Å². The number of nitrogens with zero attached hydrogens (tertiary/aromatic N) is 3. The standard InChI is InChI=1S/C11H19N3O/c1-9-6-11(15,4-5-13(9)2)10-7-12-14(3)8-10/h7-9,15H,4-6H2,1-3H3. The maximum Gasteiger partial charge on any atom is 0.0953 e. The lowest BCUT2D eigenvalue weighted by atomic mass is 9.83. The number of hydrogen-bond acceptors (Lipinski definition) is 3. The molecule has 84 valence electrons. The van der Waals surface area contributed by atoms with E-state index in [4.69, 9.17) is 0 Å². The summed E-state index contributed by atoms with van der Waals surface area (Å²) in [6.45, 7) is 3.09. The number of aromatic nitrogens is 2. The van der Waals surface area contributed by atoms with Crippen LogP contribution in [0.25, 0.3) is 0 Å². The van der Waals surface area contributed by atoms with Crippen molar-refractivity contribution in [1.29, 1.82) is 0 Å². The van der Waals surface area contributed by atoms with E-state index in [2.05, 4.69) is 24.0 Å². The zero-order chi connectivity index (χ0) is 11.1. The Morgan fingerprint density at radius 3 is 2.80 bits per heavy atom. The topological polar surface area (TPSA) is 41.3 Å². The van der Waals surface area contributed by atoms with Gasteiger partial charge < -0.3 is 10.0 Å². The van der Waals surface area contributed by atoms with Crippen LogP contribution in [0, 0.1) is 0 Å². The van der Waals surface area contributed by atoms with Crippen molar-refractivity contribution in [1.82, 2.24) is 14.7 Å². The highest BCUT2D eigenvalue weighted by Crippen LogP contribution is 2.34. The van der Waals surface area contributed by atoms with Crippen LogP contribution in [0.4, 0.5) is 0 Å². The zero-order valence-electron chi connectivity index (χ0n) is 9.64. The SMILES string of the molecule is CC1CC(O)(c2cnn(C)c2)CCN1C. The molecule has 0 aliphatic carbocycles. The number of rotatable bonds is 1. The molecule has 1 N–H and O–H groups in total.